The number of fused-ring (bicyclic) bond motifs is 5. The third kappa shape index (κ3) is 3.15. The molecule has 0 bridgehead atoms. The molecule has 6 rings (SSSR count). The van der Waals surface area contributed by atoms with Crippen molar-refractivity contribution in [2.75, 3.05) is 10.7 Å². The Labute approximate surface area is 186 Å². The first kappa shape index (κ1) is 18.4. The van der Waals surface area contributed by atoms with Gasteiger partial charge in [0.05, 0.1) is 17.1 Å². The van der Waals surface area contributed by atoms with Crippen LogP contribution < -0.4 is 4.90 Å². The average Bonchev–Trinajstić information content (AvgIpc) is 3.18. The van der Waals surface area contributed by atoms with Crippen molar-refractivity contribution in [2.24, 2.45) is 0 Å². The van der Waals surface area contributed by atoms with E-state index in [1.54, 1.807) is 16.7 Å². The second kappa shape index (κ2) is 7.40. The summed E-state index contributed by atoms with van der Waals surface area (Å²) < 4.78 is 0. The van der Waals surface area contributed by atoms with Crippen LogP contribution in [0.5, 0.6) is 0 Å². The molecule has 150 valence electrons. The van der Waals surface area contributed by atoms with Crippen LogP contribution in [0.4, 0.5) is 11.4 Å². The quantitative estimate of drug-likeness (QED) is 0.377. The van der Waals surface area contributed by atoms with Crippen LogP contribution in [-0.4, -0.2) is 31.8 Å². The monoisotopic (exact) mass is 441 g/mol. The van der Waals surface area contributed by atoms with Crippen molar-refractivity contribution < 1.29 is 4.79 Å². The summed E-state index contributed by atoms with van der Waals surface area (Å²) in [5.74, 6) is 0.186. The molecule has 0 atom stereocenters. The normalized spacial score (nSPS) is 12.7. The SMILES string of the molecule is O=C(CSc1nnc2c(n1)[nH]c1ccccc12)N1c2ccccc2Sc2ccccc21. The Morgan fingerprint density at radius 3 is 2.35 bits per heavy atom. The molecule has 0 unspecified atom stereocenters. The number of nitrogens with zero attached hydrogens (tertiary/aromatic N) is 4. The van der Waals surface area contributed by atoms with Crippen LogP contribution in [0.2, 0.25) is 0 Å². The van der Waals surface area contributed by atoms with Gasteiger partial charge in [-0.2, -0.15) is 0 Å². The lowest BCUT2D eigenvalue weighted by atomic mass is 10.2. The summed E-state index contributed by atoms with van der Waals surface area (Å²) in [5, 5.41) is 10.0. The number of hydrogen-bond donors (Lipinski definition) is 1. The molecule has 0 spiro atoms. The standard InChI is InChI=1S/C23H15N5OS2/c29-20(28-16-9-3-5-11-18(16)31-19-12-6-4-10-17(19)28)13-30-23-25-22-21(26-27-23)14-7-1-2-8-15(14)24-22/h1-12H,13H2,(H,24,25,27). The van der Waals surface area contributed by atoms with Gasteiger partial charge in [-0.25, -0.2) is 4.98 Å². The number of benzene rings is 3. The minimum absolute atomic E-state index is 0.0226. The number of aromatic amines is 1. The van der Waals surface area contributed by atoms with Crippen molar-refractivity contribution in [3.63, 3.8) is 0 Å². The highest BCUT2D eigenvalue weighted by Crippen LogP contribution is 2.48. The fourth-order valence-corrected chi connectivity index (χ4v) is 5.43. The van der Waals surface area contributed by atoms with Crippen LogP contribution in [-0.2, 0) is 4.79 Å². The number of rotatable bonds is 3. The molecule has 1 aliphatic rings. The Morgan fingerprint density at radius 2 is 1.58 bits per heavy atom. The minimum atomic E-state index is -0.0226. The fourth-order valence-electron chi connectivity index (χ4n) is 3.73. The number of carbonyl (C=O) groups excluding carboxylic acids is 1. The van der Waals surface area contributed by atoms with E-state index >= 15 is 0 Å². The first-order valence-electron chi connectivity index (χ1n) is 9.71. The van der Waals surface area contributed by atoms with Crippen LogP contribution in [0.25, 0.3) is 22.1 Å². The zero-order valence-electron chi connectivity index (χ0n) is 16.1. The Kier molecular flexibility index (Phi) is 4.40. The summed E-state index contributed by atoms with van der Waals surface area (Å²) in [6.45, 7) is 0. The van der Waals surface area contributed by atoms with Gasteiger partial charge in [0.25, 0.3) is 0 Å². The van der Waals surface area contributed by atoms with Crippen LogP contribution in [0, 0.1) is 0 Å². The fraction of sp³-hybridized carbons (Fsp3) is 0.0435. The molecule has 1 aliphatic heterocycles. The van der Waals surface area contributed by atoms with Crippen LogP contribution in [0.3, 0.4) is 0 Å². The van der Waals surface area contributed by atoms with E-state index in [1.807, 2.05) is 72.8 Å². The number of para-hydroxylation sites is 3. The molecule has 1 N–H and O–H groups in total. The molecule has 6 nitrogen and oxygen atoms in total. The minimum Gasteiger partial charge on any atom is -0.338 e. The van der Waals surface area contributed by atoms with E-state index in [1.165, 1.54) is 11.8 Å². The number of amides is 1. The van der Waals surface area contributed by atoms with E-state index in [-0.39, 0.29) is 11.7 Å². The Hall–Kier alpha value is -3.36. The molecule has 3 aromatic carbocycles. The van der Waals surface area contributed by atoms with E-state index in [0.29, 0.717) is 10.8 Å². The Balaban J connectivity index is 1.30. The maximum atomic E-state index is 13.3. The summed E-state index contributed by atoms with van der Waals surface area (Å²) in [6.07, 6.45) is 0. The van der Waals surface area contributed by atoms with E-state index in [9.17, 15) is 4.79 Å². The lowest BCUT2D eigenvalue weighted by molar-refractivity contribution is -0.115. The van der Waals surface area contributed by atoms with Crippen molar-refractivity contribution in [3.8, 4) is 0 Å². The average molecular weight is 442 g/mol. The summed E-state index contributed by atoms with van der Waals surface area (Å²) in [5.41, 5.74) is 4.19. The molecule has 1 amide bonds. The zero-order chi connectivity index (χ0) is 20.8. The van der Waals surface area contributed by atoms with Gasteiger partial charge in [0.1, 0.15) is 5.52 Å². The van der Waals surface area contributed by atoms with Gasteiger partial charge in [0, 0.05) is 20.7 Å². The number of anilines is 2. The van der Waals surface area contributed by atoms with Gasteiger partial charge in [-0.3, -0.25) is 9.69 Å². The molecular formula is C23H15N5OS2. The van der Waals surface area contributed by atoms with Gasteiger partial charge in [-0.05, 0) is 30.3 Å². The molecule has 0 aliphatic carbocycles. The van der Waals surface area contributed by atoms with Gasteiger partial charge in [-0.1, -0.05) is 66.0 Å². The first-order valence-corrected chi connectivity index (χ1v) is 11.5. The molecule has 3 heterocycles. The summed E-state index contributed by atoms with van der Waals surface area (Å²) in [4.78, 5) is 25.1. The van der Waals surface area contributed by atoms with Crippen molar-refractivity contribution in [2.45, 2.75) is 14.9 Å². The lowest BCUT2D eigenvalue weighted by Gasteiger charge is -2.30. The van der Waals surface area contributed by atoms with E-state index < -0.39 is 0 Å². The Morgan fingerprint density at radius 1 is 0.903 bits per heavy atom. The largest absolute Gasteiger partial charge is 0.338 e. The van der Waals surface area contributed by atoms with Gasteiger partial charge in [0.2, 0.25) is 11.1 Å². The molecular weight excluding hydrogens is 426 g/mol. The van der Waals surface area contributed by atoms with E-state index in [2.05, 4.69) is 20.2 Å². The molecule has 8 heteroatoms. The zero-order valence-corrected chi connectivity index (χ0v) is 17.8. The molecule has 2 aromatic heterocycles. The maximum Gasteiger partial charge on any atom is 0.242 e. The highest BCUT2D eigenvalue weighted by molar-refractivity contribution is 8.00. The van der Waals surface area contributed by atoms with Crippen molar-refractivity contribution in [1.82, 2.24) is 20.2 Å². The van der Waals surface area contributed by atoms with Crippen LogP contribution in [0.15, 0.2) is 87.7 Å². The third-order valence-corrected chi connectivity index (χ3v) is 7.06. The second-order valence-electron chi connectivity index (χ2n) is 7.02. The van der Waals surface area contributed by atoms with Crippen molar-refractivity contribution >= 4 is 62.9 Å². The predicted molar refractivity (Wildman–Crippen MR) is 124 cm³/mol. The first-order chi connectivity index (χ1) is 15.3. The van der Waals surface area contributed by atoms with Crippen molar-refractivity contribution in [3.05, 3.63) is 72.8 Å². The predicted octanol–water partition coefficient (Wildman–Crippen LogP) is 5.43. The maximum absolute atomic E-state index is 13.3. The van der Waals surface area contributed by atoms with E-state index in [0.717, 1.165) is 37.6 Å². The van der Waals surface area contributed by atoms with Crippen LogP contribution >= 0.6 is 23.5 Å². The number of carbonyl (C=O) groups is 1. The number of H-pyrrole nitrogens is 1. The number of aromatic nitrogens is 4. The van der Waals surface area contributed by atoms with Crippen molar-refractivity contribution in [1.29, 1.82) is 0 Å². The second-order valence-corrected chi connectivity index (χ2v) is 9.04. The third-order valence-electron chi connectivity index (χ3n) is 5.11. The molecule has 0 saturated heterocycles. The van der Waals surface area contributed by atoms with Crippen LogP contribution in [0.1, 0.15) is 0 Å². The molecule has 0 saturated carbocycles. The highest BCUT2D eigenvalue weighted by atomic mass is 32.2. The summed E-state index contributed by atoms with van der Waals surface area (Å²) in [7, 11) is 0. The summed E-state index contributed by atoms with van der Waals surface area (Å²) in [6, 6.07) is 23.8. The number of hydrogen-bond acceptors (Lipinski definition) is 6. The Bertz CT molecular complexity index is 1420. The smallest absolute Gasteiger partial charge is 0.242 e. The number of thioether (sulfide) groups is 1. The van der Waals surface area contributed by atoms with Gasteiger partial charge in [-0.15, -0.1) is 10.2 Å². The van der Waals surface area contributed by atoms with Gasteiger partial charge < -0.3 is 4.98 Å². The molecule has 0 fully saturated rings. The number of nitrogens with one attached hydrogen (secondary N) is 1. The van der Waals surface area contributed by atoms with Gasteiger partial charge in [0.15, 0.2) is 5.65 Å². The lowest BCUT2D eigenvalue weighted by Crippen LogP contribution is -2.30. The highest BCUT2D eigenvalue weighted by Gasteiger charge is 2.28. The molecule has 0 radical (unpaired) electrons. The molecule has 5 aromatic rings. The van der Waals surface area contributed by atoms with Gasteiger partial charge >= 0.3 is 0 Å². The van der Waals surface area contributed by atoms with E-state index in [4.69, 9.17) is 0 Å². The topological polar surface area (TPSA) is 74.8 Å². The molecule has 31 heavy (non-hydrogen) atoms. The summed E-state index contributed by atoms with van der Waals surface area (Å²) >= 11 is 2.98.